The zero-order valence-electron chi connectivity index (χ0n) is 15.3. The van der Waals surface area contributed by atoms with Crippen LogP contribution in [0.1, 0.15) is 11.1 Å². The second-order valence-corrected chi connectivity index (χ2v) is 6.66. The van der Waals surface area contributed by atoms with Gasteiger partial charge in [-0.05, 0) is 35.9 Å². The first kappa shape index (κ1) is 17.3. The molecule has 4 rings (SSSR count). The second kappa shape index (κ2) is 7.60. The summed E-state index contributed by atoms with van der Waals surface area (Å²) in [5.41, 5.74) is 4.02. The summed E-state index contributed by atoms with van der Waals surface area (Å²) in [6, 6.07) is 16.3. The van der Waals surface area contributed by atoms with Gasteiger partial charge in [-0.25, -0.2) is 9.97 Å². The largest absolute Gasteiger partial charge is 0.480 e. The maximum absolute atomic E-state index is 8.90. The van der Waals surface area contributed by atoms with E-state index in [-0.39, 0.29) is 0 Å². The Hall–Kier alpha value is -3.17. The maximum Gasteiger partial charge on any atom is 0.224 e. The Balaban J connectivity index is 1.43. The molecule has 1 aliphatic rings. The average Bonchev–Trinajstić information content (AvgIpc) is 2.74. The highest BCUT2D eigenvalue weighted by Gasteiger charge is 2.18. The summed E-state index contributed by atoms with van der Waals surface area (Å²) in [7, 11) is 1.64. The lowest BCUT2D eigenvalue weighted by atomic mass is 10.1. The van der Waals surface area contributed by atoms with Crippen molar-refractivity contribution in [2.75, 3.05) is 38.2 Å². The lowest BCUT2D eigenvalue weighted by Crippen LogP contribution is -2.45. The number of aromatic nitrogens is 2. The highest BCUT2D eigenvalue weighted by molar-refractivity contribution is 5.86. The van der Waals surface area contributed by atoms with E-state index in [1.807, 2.05) is 30.3 Å². The fourth-order valence-corrected chi connectivity index (χ4v) is 3.49. The summed E-state index contributed by atoms with van der Waals surface area (Å²) in [5, 5.41) is 9.85. The summed E-state index contributed by atoms with van der Waals surface area (Å²) in [6.07, 6.45) is 1.53. The predicted molar refractivity (Wildman–Crippen MR) is 105 cm³/mol. The molecular weight excluding hydrogens is 338 g/mol. The van der Waals surface area contributed by atoms with Gasteiger partial charge in [0.2, 0.25) is 5.88 Å². The first-order valence-corrected chi connectivity index (χ1v) is 9.02. The topological polar surface area (TPSA) is 65.3 Å². The van der Waals surface area contributed by atoms with Crippen LogP contribution in [0.2, 0.25) is 0 Å². The molecule has 1 saturated heterocycles. The van der Waals surface area contributed by atoms with Gasteiger partial charge in [-0.15, -0.1) is 0 Å². The van der Waals surface area contributed by atoms with Crippen LogP contribution >= 0.6 is 0 Å². The van der Waals surface area contributed by atoms with Crippen molar-refractivity contribution in [1.29, 1.82) is 5.26 Å². The number of nitriles is 1. The molecule has 1 aromatic heterocycles. The van der Waals surface area contributed by atoms with Crippen molar-refractivity contribution in [3.63, 3.8) is 0 Å². The minimum Gasteiger partial charge on any atom is -0.480 e. The molecule has 2 heterocycles. The normalized spacial score (nSPS) is 14.9. The minimum atomic E-state index is 0.612. The van der Waals surface area contributed by atoms with Gasteiger partial charge in [0.25, 0.3) is 0 Å². The Kier molecular flexibility index (Phi) is 4.86. The van der Waals surface area contributed by atoms with Gasteiger partial charge in [-0.2, -0.15) is 5.26 Å². The molecule has 136 valence electrons. The van der Waals surface area contributed by atoms with Gasteiger partial charge >= 0.3 is 0 Å². The van der Waals surface area contributed by atoms with Crippen LogP contribution in [-0.2, 0) is 6.54 Å². The zero-order valence-corrected chi connectivity index (χ0v) is 15.3. The van der Waals surface area contributed by atoms with Crippen molar-refractivity contribution in [2.24, 2.45) is 0 Å². The monoisotopic (exact) mass is 359 g/mol. The molecule has 27 heavy (non-hydrogen) atoms. The smallest absolute Gasteiger partial charge is 0.224 e. The van der Waals surface area contributed by atoms with E-state index in [1.165, 1.54) is 17.6 Å². The third-order valence-corrected chi connectivity index (χ3v) is 5.00. The number of benzene rings is 2. The van der Waals surface area contributed by atoms with E-state index in [0.29, 0.717) is 11.4 Å². The molecule has 0 atom stereocenters. The van der Waals surface area contributed by atoms with Crippen molar-refractivity contribution < 1.29 is 4.74 Å². The molecule has 6 heteroatoms. The van der Waals surface area contributed by atoms with Crippen LogP contribution < -0.4 is 9.64 Å². The third-order valence-electron chi connectivity index (χ3n) is 5.00. The SMILES string of the molecule is COc1ncnc2ccc(N3CCN(Cc4ccc(C#N)cc4)CC3)cc12. The standard InChI is InChI=1S/C21H21N5O/c1-27-21-19-12-18(6-7-20(19)23-15-24-21)26-10-8-25(9-11-26)14-17-4-2-16(13-22)3-5-17/h2-7,12,15H,8-11,14H2,1H3. The average molecular weight is 359 g/mol. The molecule has 2 aromatic carbocycles. The highest BCUT2D eigenvalue weighted by atomic mass is 16.5. The first-order valence-electron chi connectivity index (χ1n) is 9.02. The molecule has 0 spiro atoms. The molecule has 1 aliphatic heterocycles. The summed E-state index contributed by atoms with van der Waals surface area (Å²) in [6.45, 7) is 4.86. The quantitative estimate of drug-likeness (QED) is 0.714. The van der Waals surface area contributed by atoms with Crippen LogP contribution in [0.4, 0.5) is 5.69 Å². The Morgan fingerprint density at radius 2 is 1.81 bits per heavy atom. The van der Waals surface area contributed by atoms with Crippen LogP contribution in [-0.4, -0.2) is 48.2 Å². The van der Waals surface area contributed by atoms with Gasteiger partial charge in [-0.3, -0.25) is 4.90 Å². The van der Waals surface area contributed by atoms with Gasteiger partial charge in [0.1, 0.15) is 6.33 Å². The minimum absolute atomic E-state index is 0.612. The van der Waals surface area contributed by atoms with E-state index < -0.39 is 0 Å². The number of hydrogen-bond donors (Lipinski definition) is 0. The van der Waals surface area contributed by atoms with E-state index in [4.69, 9.17) is 10.00 Å². The lowest BCUT2D eigenvalue weighted by molar-refractivity contribution is 0.250. The van der Waals surface area contributed by atoms with Crippen molar-refractivity contribution >= 4 is 16.6 Å². The van der Waals surface area contributed by atoms with Crippen LogP contribution in [0, 0.1) is 11.3 Å². The zero-order chi connectivity index (χ0) is 18.6. The van der Waals surface area contributed by atoms with Gasteiger partial charge in [0.15, 0.2) is 0 Å². The molecule has 3 aromatic rings. The van der Waals surface area contributed by atoms with E-state index in [1.54, 1.807) is 7.11 Å². The summed E-state index contributed by atoms with van der Waals surface area (Å²) < 4.78 is 5.37. The second-order valence-electron chi connectivity index (χ2n) is 6.66. The summed E-state index contributed by atoms with van der Waals surface area (Å²) >= 11 is 0. The third kappa shape index (κ3) is 3.69. The summed E-state index contributed by atoms with van der Waals surface area (Å²) in [4.78, 5) is 13.3. The molecule has 6 nitrogen and oxygen atoms in total. The fourth-order valence-electron chi connectivity index (χ4n) is 3.49. The molecule has 0 N–H and O–H groups in total. The Morgan fingerprint density at radius 1 is 1.04 bits per heavy atom. The number of rotatable bonds is 4. The van der Waals surface area contributed by atoms with E-state index in [0.717, 1.165) is 43.6 Å². The summed E-state index contributed by atoms with van der Waals surface area (Å²) in [5.74, 6) is 0.612. The van der Waals surface area contributed by atoms with Crippen LogP contribution in [0.3, 0.4) is 0 Å². The van der Waals surface area contributed by atoms with Crippen molar-refractivity contribution in [2.45, 2.75) is 6.54 Å². The Morgan fingerprint density at radius 3 is 2.52 bits per heavy atom. The van der Waals surface area contributed by atoms with Crippen LogP contribution in [0.25, 0.3) is 10.9 Å². The van der Waals surface area contributed by atoms with Crippen molar-refractivity contribution in [3.05, 3.63) is 59.9 Å². The number of ether oxygens (including phenoxy) is 1. The Labute approximate surface area is 158 Å². The van der Waals surface area contributed by atoms with Crippen molar-refractivity contribution in [1.82, 2.24) is 14.9 Å². The van der Waals surface area contributed by atoms with Gasteiger partial charge in [0, 0.05) is 38.4 Å². The van der Waals surface area contributed by atoms with E-state index >= 15 is 0 Å². The lowest BCUT2D eigenvalue weighted by Gasteiger charge is -2.36. The number of nitrogens with zero attached hydrogens (tertiary/aromatic N) is 5. The molecule has 0 unspecified atom stereocenters. The fraction of sp³-hybridized carbons (Fsp3) is 0.286. The Bertz CT molecular complexity index is 972. The van der Waals surface area contributed by atoms with Crippen molar-refractivity contribution in [3.8, 4) is 11.9 Å². The number of anilines is 1. The number of methoxy groups -OCH3 is 1. The van der Waals surface area contributed by atoms with Gasteiger partial charge in [-0.1, -0.05) is 12.1 Å². The first-order chi connectivity index (χ1) is 13.3. The van der Waals surface area contributed by atoms with Gasteiger partial charge < -0.3 is 9.64 Å². The van der Waals surface area contributed by atoms with E-state index in [2.05, 4.69) is 38.0 Å². The molecule has 1 fully saturated rings. The predicted octanol–water partition coefficient (Wildman–Crippen LogP) is 2.83. The molecule has 0 saturated carbocycles. The maximum atomic E-state index is 8.90. The number of fused-ring (bicyclic) bond motifs is 1. The van der Waals surface area contributed by atoms with E-state index in [9.17, 15) is 0 Å². The molecule has 0 radical (unpaired) electrons. The van der Waals surface area contributed by atoms with Gasteiger partial charge in [0.05, 0.1) is 29.6 Å². The molecular formula is C21H21N5O. The molecule has 0 bridgehead atoms. The number of hydrogen-bond acceptors (Lipinski definition) is 6. The van der Waals surface area contributed by atoms with Crippen LogP contribution in [0.5, 0.6) is 5.88 Å². The number of piperazine rings is 1. The molecule has 0 amide bonds. The highest BCUT2D eigenvalue weighted by Crippen LogP contribution is 2.27. The van der Waals surface area contributed by atoms with Crippen LogP contribution in [0.15, 0.2) is 48.8 Å². The molecule has 0 aliphatic carbocycles.